The van der Waals surface area contributed by atoms with Crippen LogP contribution in [0, 0.1) is 17.2 Å². The number of nitriles is 1. The number of nitrogens with two attached hydrogens (primary N) is 1. The fraction of sp³-hybridized carbons (Fsp3) is 0.381. The lowest BCUT2D eigenvalue weighted by molar-refractivity contribution is -0.133. The van der Waals surface area contributed by atoms with Gasteiger partial charge in [0.1, 0.15) is 17.5 Å². The number of benzene rings is 1. The first-order valence-electron chi connectivity index (χ1n) is 9.40. The van der Waals surface area contributed by atoms with E-state index in [9.17, 15) is 10.1 Å². The second-order valence-electron chi connectivity index (χ2n) is 7.26. The highest BCUT2D eigenvalue weighted by Crippen LogP contribution is 2.43. The third-order valence-corrected chi connectivity index (χ3v) is 5.73. The Labute approximate surface area is 174 Å². The Kier molecular flexibility index (Phi) is 4.97. The zero-order chi connectivity index (χ0) is 20.7. The van der Waals surface area contributed by atoms with Crippen molar-refractivity contribution in [3.8, 4) is 28.7 Å². The number of halogens is 1. The molecule has 1 aliphatic carbocycles. The largest absolute Gasteiger partial charge is 0.493 e. The van der Waals surface area contributed by atoms with Crippen molar-refractivity contribution >= 4 is 23.3 Å². The van der Waals surface area contributed by atoms with Gasteiger partial charge in [0.15, 0.2) is 11.5 Å². The number of carbonyl (C=O) groups is 1. The molecule has 1 fully saturated rings. The van der Waals surface area contributed by atoms with Crippen molar-refractivity contribution in [2.24, 2.45) is 5.92 Å². The minimum Gasteiger partial charge on any atom is -0.493 e. The maximum atomic E-state index is 12.6. The van der Waals surface area contributed by atoms with E-state index in [0.717, 1.165) is 24.1 Å². The van der Waals surface area contributed by atoms with Gasteiger partial charge in [0, 0.05) is 36.6 Å². The maximum Gasteiger partial charge on any atom is 0.225 e. The molecule has 2 aliphatic rings. The van der Waals surface area contributed by atoms with Crippen molar-refractivity contribution in [1.29, 1.82) is 5.26 Å². The van der Waals surface area contributed by atoms with E-state index in [4.69, 9.17) is 26.8 Å². The molecule has 0 spiro atoms. The summed E-state index contributed by atoms with van der Waals surface area (Å²) in [6.45, 7) is 1.00. The quantitative estimate of drug-likeness (QED) is 0.827. The van der Waals surface area contributed by atoms with E-state index in [1.807, 2.05) is 4.90 Å². The maximum absolute atomic E-state index is 12.6. The highest BCUT2D eigenvalue weighted by atomic mass is 35.5. The summed E-state index contributed by atoms with van der Waals surface area (Å²) in [6.07, 6.45) is 2.49. The molecule has 8 heteroatoms. The third kappa shape index (κ3) is 3.34. The highest BCUT2D eigenvalue weighted by molar-refractivity contribution is 6.32. The van der Waals surface area contributed by atoms with Gasteiger partial charge in [-0.25, -0.2) is 4.98 Å². The molecule has 2 aromatic rings. The van der Waals surface area contributed by atoms with E-state index < -0.39 is 0 Å². The highest BCUT2D eigenvalue weighted by Gasteiger charge is 2.36. The van der Waals surface area contributed by atoms with Gasteiger partial charge in [-0.1, -0.05) is 11.6 Å². The number of pyridine rings is 1. The molecule has 0 radical (unpaired) electrons. The number of fused-ring (bicyclic) bond motifs is 1. The number of amides is 1. The normalized spacial score (nSPS) is 15.4. The zero-order valence-electron chi connectivity index (χ0n) is 16.3. The Balaban J connectivity index is 1.89. The number of aromatic nitrogens is 1. The van der Waals surface area contributed by atoms with Crippen molar-refractivity contribution in [1.82, 2.24) is 9.88 Å². The summed E-state index contributed by atoms with van der Waals surface area (Å²) < 4.78 is 10.7. The summed E-state index contributed by atoms with van der Waals surface area (Å²) in [4.78, 5) is 18.9. The predicted octanol–water partition coefficient (Wildman–Crippen LogP) is 3.17. The molecule has 0 atom stereocenters. The lowest BCUT2D eigenvalue weighted by Gasteiger charge is -2.31. The Morgan fingerprint density at radius 1 is 1.34 bits per heavy atom. The standard InChI is InChI=1S/C21H21ClN4O3/c1-28-17-8-12(7-15(22)19(17)29-2)18-13(9-23)20(24)25-16-5-6-26(10-14(16)18)21(27)11-3-4-11/h7-8,11H,3-6,10H2,1-2H3,(H2,24,25). The number of nitrogen functional groups attached to an aromatic ring is 1. The van der Waals surface area contributed by atoms with Crippen LogP contribution < -0.4 is 15.2 Å². The predicted molar refractivity (Wildman–Crippen MR) is 109 cm³/mol. The molecule has 0 unspecified atom stereocenters. The minimum atomic E-state index is 0.132. The van der Waals surface area contributed by atoms with Crippen molar-refractivity contribution in [3.05, 3.63) is 34.0 Å². The smallest absolute Gasteiger partial charge is 0.225 e. The Hall–Kier alpha value is -2.98. The van der Waals surface area contributed by atoms with Crippen molar-refractivity contribution in [2.45, 2.75) is 25.8 Å². The fourth-order valence-electron chi connectivity index (χ4n) is 3.85. The van der Waals surface area contributed by atoms with Gasteiger partial charge >= 0.3 is 0 Å². The summed E-state index contributed by atoms with van der Waals surface area (Å²) in [5.74, 6) is 1.34. The number of hydrogen-bond donors (Lipinski definition) is 1. The van der Waals surface area contributed by atoms with Gasteiger partial charge in [-0.3, -0.25) is 4.79 Å². The van der Waals surface area contributed by atoms with Crippen LogP contribution >= 0.6 is 11.6 Å². The second-order valence-corrected chi connectivity index (χ2v) is 7.67. The van der Waals surface area contributed by atoms with Gasteiger partial charge in [0.05, 0.1) is 24.9 Å². The number of ether oxygens (including phenoxy) is 2. The lowest BCUT2D eigenvalue weighted by atomic mass is 9.90. The van der Waals surface area contributed by atoms with Crippen LogP contribution in [0.4, 0.5) is 5.82 Å². The van der Waals surface area contributed by atoms with E-state index in [1.54, 1.807) is 12.1 Å². The number of anilines is 1. The molecular formula is C21H21ClN4O3. The first kappa shape index (κ1) is 19.3. The average Bonchev–Trinajstić information content (AvgIpc) is 3.56. The van der Waals surface area contributed by atoms with Gasteiger partial charge in [-0.2, -0.15) is 5.26 Å². The molecule has 4 rings (SSSR count). The average molecular weight is 413 g/mol. The van der Waals surface area contributed by atoms with Gasteiger partial charge in [0.2, 0.25) is 5.91 Å². The number of methoxy groups -OCH3 is 2. The monoisotopic (exact) mass is 412 g/mol. The summed E-state index contributed by atoms with van der Waals surface area (Å²) in [6, 6.07) is 5.66. The fourth-order valence-corrected chi connectivity index (χ4v) is 4.14. The molecule has 150 valence electrons. The summed E-state index contributed by atoms with van der Waals surface area (Å²) >= 11 is 6.41. The number of rotatable bonds is 4. The first-order chi connectivity index (χ1) is 14.0. The second kappa shape index (κ2) is 7.45. The zero-order valence-corrected chi connectivity index (χ0v) is 17.0. The van der Waals surface area contributed by atoms with E-state index in [2.05, 4.69) is 11.1 Å². The molecule has 1 aliphatic heterocycles. The van der Waals surface area contributed by atoms with Crippen molar-refractivity contribution in [2.75, 3.05) is 26.5 Å². The van der Waals surface area contributed by atoms with E-state index >= 15 is 0 Å². The van der Waals surface area contributed by atoms with Gasteiger partial charge in [0.25, 0.3) is 0 Å². The van der Waals surface area contributed by atoms with Crippen molar-refractivity contribution in [3.63, 3.8) is 0 Å². The Bertz CT molecular complexity index is 1040. The van der Waals surface area contributed by atoms with Crippen LogP contribution in [-0.2, 0) is 17.8 Å². The molecule has 1 amide bonds. The Morgan fingerprint density at radius 2 is 2.10 bits per heavy atom. The Morgan fingerprint density at radius 3 is 2.72 bits per heavy atom. The summed E-state index contributed by atoms with van der Waals surface area (Å²) in [7, 11) is 3.04. The van der Waals surface area contributed by atoms with Crippen LogP contribution in [0.1, 0.15) is 29.7 Å². The van der Waals surface area contributed by atoms with Crippen LogP contribution in [-0.4, -0.2) is 36.6 Å². The minimum absolute atomic E-state index is 0.132. The van der Waals surface area contributed by atoms with Gasteiger partial charge in [-0.15, -0.1) is 0 Å². The molecule has 0 bridgehead atoms. The van der Waals surface area contributed by atoms with Crippen LogP contribution in [0.25, 0.3) is 11.1 Å². The lowest BCUT2D eigenvalue weighted by Crippen LogP contribution is -2.37. The summed E-state index contributed by atoms with van der Waals surface area (Å²) in [5.41, 5.74) is 9.34. The van der Waals surface area contributed by atoms with E-state index in [0.29, 0.717) is 47.2 Å². The van der Waals surface area contributed by atoms with Gasteiger partial charge < -0.3 is 20.1 Å². The van der Waals surface area contributed by atoms with Crippen LogP contribution in [0.5, 0.6) is 11.5 Å². The first-order valence-corrected chi connectivity index (χ1v) is 9.78. The molecule has 1 saturated carbocycles. The molecule has 2 N–H and O–H groups in total. The molecule has 7 nitrogen and oxygen atoms in total. The molecule has 29 heavy (non-hydrogen) atoms. The van der Waals surface area contributed by atoms with Gasteiger partial charge in [-0.05, 0) is 30.5 Å². The van der Waals surface area contributed by atoms with E-state index in [1.165, 1.54) is 14.2 Å². The van der Waals surface area contributed by atoms with Crippen LogP contribution in [0.3, 0.4) is 0 Å². The number of nitrogens with zero attached hydrogens (tertiary/aromatic N) is 3. The number of hydrogen-bond acceptors (Lipinski definition) is 6. The molecule has 1 aromatic heterocycles. The van der Waals surface area contributed by atoms with Crippen LogP contribution in [0.15, 0.2) is 12.1 Å². The van der Waals surface area contributed by atoms with Crippen molar-refractivity contribution < 1.29 is 14.3 Å². The molecule has 1 aromatic carbocycles. The molecular weight excluding hydrogens is 392 g/mol. The van der Waals surface area contributed by atoms with Crippen LogP contribution in [0.2, 0.25) is 5.02 Å². The molecule has 2 heterocycles. The third-order valence-electron chi connectivity index (χ3n) is 5.45. The molecule has 0 saturated heterocycles. The SMILES string of the molecule is COc1cc(-c2c(C#N)c(N)nc3c2CN(C(=O)C2CC2)CC3)cc(Cl)c1OC. The summed E-state index contributed by atoms with van der Waals surface area (Å²) in [5, 5.41) is 10.2. The van der Waals surface area contributed by atoms with E-state index in [-0.39, 0.29) is 23.2 Å². The topological polar surface area (TPSA) is 101 Å². The number of carbonyl (C=O) groups excluding carboxylic acids is 1.